The molecule has 0 fully saturated rings. The van der Waals surface area contributed by atoms with Crippen LogP contribution in [-0.4, -0.2) is 25.2 Å². The van der Waals surface area contributed by atoms with Gasteiger partial charge in [0.2, 0.25) is 0 Å². The predicted octanol–water partition coefficient (Wildman–Crippen LogP) is 4.63. The normalized spacial score (nSPS) is 13.5. The lowest BCUT2D eigenvalue weighted by atomic mass is 9.97. The van der Waals surface area contributed by atoms with Crippen LogP contribution in [0.3, 0.4) is 0 Å². The van der Waals surface area contributed by atoms with Crippen molar-refractivity contribution in [1.82, 2.24) is 0 Å². The summed E-state index contributed by atoms with van der Waals surface area (Å²) in [5.74, 6) is 0.805. The van der Waals surface area contributed by atoms with Crippen molar-refractivity contribution >= 4 is 11.6 Å². The molecule has 0 spiro atoms. The molecule has 1 aromatic rings. The van der Waals surface area contributed by atoms with Crippen LogP contribution in [0.4, 0.5) is 5.69 Å². The third-order valence-electron chi connectivity index (χ3n) is 4.11. The summed E-state index contributed by atoms with van der Waals surface area (Å²) in [7, 11) is 1.59. The highest BCUT2D eigenvalue weighted by molar-refractivity contribution is 5.97. The van der Waals surface area contributed by atoms with Gasteiger partial charge in [-0.25, -0.2) is 0 Å². The average Bonchev–Trinajstić information content (AvgIpc) is 2.51. The molecule has 130 valence electrons. The molecule has 1 aromatic carbocycles. The molecule has 0 saturated carbocycles. The predicted molar refractivity (Wildman–Crippen MR) is 95.3 cm³/mol. The molecule has 1 amide bonds. The van der Waals surface area contributed by atoms with Gasteiger partial charge >= 0.3 is 0 Å². The first kappa shape index (κ1) is 19.5. The molecule has 23 heavy (non-hydrogen) atoms. The van der Waals surface area contributed by atoms with Crippen LogP contribution in [0.25, 0.3) is 0 Å². The maximum absolute atomic E-state index is 12.6. The zero-order chi connectivity index (χ0) is 17.5. The van der Waals surface area contributed by atoms with E-state index < -0.39 is 5.60 Å². The Morgan fingerprint density at radius 1 is 1.17 bits per heavy atom. The van der Waals surface area contributed by atoms with E-state index in [2.05, 4.69) is 19.2 Å². The molecule has 0 aliphatic heterocycles. The van der Waals surface area contributed by atoms with Gasteiger partial charge in [-0.1, -0.05) is 26.7 Å². The number of aryl methyl sites for hydroxylation is 2. The summed E-state index contributed by atoms with van der Waals surface area (Å²) in [6.45, 7) is 10.7. The number of rotatable bonds is 9. The Labute approximate surface area is 140 Å². The number of methoxy groups -OCH3 is 1. The lowest BCUT2D eigenvalue weighted by Crippen LogP contribution is -2.41. The Bertz CT molecular complexity index is 504. The maximum atomic E-state index is 12.6. The van der Waals surface area contributed by atoms with Crippen LogP contribution in [-0.2, 0) is 9.53 Å². The largest absolute Gasteiger partial charge is 0.493 e. The summed E-state index contributed by atoms with van der Waals surface area (Å²) in [4.78, 5) is 12.6. The molecule has 0 aliphatic rings. The Morgan fingerprint density at radius 2 is 1.78 bits per heavy atom. The smallest absolute Gasteiger partial charge is 0.256 e. The minimum atomic E-state index is -0.796. The van der Waals surface area contributed by atoms with Crippen LogP contribution in [0.2, 0.25) is 0 Å². The summed E-state index contributed by atoms with van der Waals surface area (Å²) in [6.07, 6.45) is 3.68. The SMILES string of the molecule is CCCC[C@@](C)(OC)C(=O)Nc1cc(C)c(OCCC)c(C)c1. The fourth-order valence-electron chi connectivity index (χ4n) is 2.54. The molecule has 1 atom stereocenters. The maximum Gasteiger partial charge on any atom is 0.256 e. The van der Waals surface area contributed by atoms with Gasteiger partial charge in [0.25, 0.3) is 5.91 Å². The lowest BCUT2D eigenvalue weighted by Gasteiger charge is -2.27. The fraction of sp³-hybridized carbons (Fsp3) is 0.632. The van der Waals surface area contributed by atoms with Crippen molar-refractivity contribution in [2.24, 2.45) is 0 Å². The monoisotopic (exact) mass is 321 g/mol. The number of hydrogen-bond donors (Lipinski definition) is 1. The molecule has 0 aromatic heterocycles. The van der Waals surface area contributed by atoms with Gasteiger partial charge in [0.1, 0.15) is 11.4 Å². The second-order valence-electron chi connectivity index (χ2n) is 6.28. The van der Waals surface area contributed by atoms with Crippen molar-refractivity contribution in [1.29, 1.82) is 0 Å². The van der Waals surface area contributed by atoms with Crippen LogP contribution in [0.5, 0.6) is 5.75 Å². The third kappa shape index (κ3) is 5.24. The van der Waals surface area contributed by atoms with Gasteiger partial charge in [-0.15, -0.1) is 0 Å². The second kappa shape index (κ2) is 8.92. The van der Waals surface area contributed by atoms with Crippen molar-refractivity contribution in [3.05, 3.63) is 23.3 Å². The van der Waals surface area contributed by atoms with E-state index in [1.165, 1.54) is 0 Å². The number of nitrogens with one attached hydrogen (secondary N) is 1. The Kier molecular flexibility index (Phi) is 7.56. The van der Waals surface area contributed by atoms with E-state index in [4.69, 9.17) is 9.47 Å². The topological polar surface area (TPSA) is 47.6 Å². The molecular formula is C19H31NO3. The number of carbonyl (C=O) groups excluding carboxylic acids is 1. The molecule has 0 bridgehead atoms. The summed E-state index contributed by atoms with van der Waals surface area (Å²) < 4.78 is 11.3. The van der Waals surface area contributed by atoms with Crippen molar-refractivity contribution < 1.29 is 14.3 Å². The molecule has 0 radical (unpaired) electrons. The number of amides is 1. The van der Waals surface area contributed by atoms with Crippen molar-refractivity contribution in [3.63, 3.8) is 0 Å². The molecular weight excluding hydrogens is 290 g/mol. The number of benzene rings is 1. The van der Waals surface area contributed by atoms with Crippen molar-refractivity contribution in [2.75, 3.05) is 19.0 Å². The number of ether oxygens (including phenoxy) is 2. The quantitative estimate of drug-likeness (QED) is 0.721. The fourth-order valence-corrected chi connectivity index (χ4v) is 2.54. The van der Waals surface area contributed by atoms with Gasteiger partial charge < -0.3 is 14.8 Å². The van der Waals surface area contributed by atoms with Crippen LogP contribution in [0, 0.1) is 13.8 Å². The van der Waals surface area contributed by atoms with Gasteiger partial charge in [-0.2, -0.15) is 0 Å². The first-order valence-corrected chi connectivity index (χ1v) is 8.48. The molecule has 1 rings (SSSR count). The van der Waals surface area contributed by atoms with E-state index in [-0.39, 0.29) is 5.91 Å². The summed E-state index contributed by atoms with van der Waals surface area (Å²) in [5, 5.41) is 2.99. The summed E-state index contributed by atoms with van der Waals surface area (Å²) >= 11 is 0. The number of anilines is 1. The standard InChI is InChI=1S/C19H31NO3/c1-7-9-10-19(5,22-6)18(21)20-16-12-14(3)17(15(4)13-16)23-11-8-2/h12-13H,7-11H2,1-6H3,(H,20,21)/t19-/m1/s1. The van der Waals surface area contributed by atoms with E-state index in [0.717, 1.165) is 41.8 Å². The van der Waals surface area contributed by atoms with Crippen LogP contribution < -0.4 is 10.1 Å². The minimum absolute atomic E-state index is 0.102. The molecule has 4 heteroatoms. The molecule has 0 unspecified atom stereocenters. The Balaban J connectivity index is 2.89. The number of hydrogen-bond acceptors (Lipinski definition) is 3. The highest BCUT2D eigenvalue weighted by Crippen LogP contribution is 2.28. The summed E-state index contributed by atoms with van der Waals surface area (Å²) in [6, 6.07) is 3.90. The van der Waals surface area contributed by atoms with Crippen molar-refractivity contribution in [3.8, 4) is 5.75 Å². The molecule has 4 nitrogen and oxygen atoms in total. The molecule has 0 heterocycles. The molecule has 0 saturated heterocycles. The second-order valence-corrected chi connectivity index (χ2v) is 6.28. The lowest BCUT2D eigenvalue weighted by molar-refractivity contribution is -0.136. The Hall–Kier alpha value is -1.55. The average molecular weight is 321 g/mol. The number of carbonyl (C=O) groups is 1. The van der Waals surface area contributed by atoms with E-state index in [1.807, 2.05) is 32.9 Å². The zero-order valence-corrected chi connectivity index (χ0v) is 15.4. The minimum Gasteiger partial charge on any atom is -0.493 e. The highest BCUT2D eigenvalue weighted by Gasteiger charge is 2.32. The van der Waals surface area contributed by atoms with E-state index in [9.17, 15) is 4.79 Å². The van der Waals surface area contributed by atoms with Crippen LogP contribution >= 0.6 is 0 Å². The summed E-state index contributed by atoms with van der Waals surface area (Å²) in [5.41, 5.74) is 2.05. The van der Waals surface area contributed by atoms with Crippen molar-refractivity contribution in [2.45, 2.75) is 65.9 Å². The first-order chi connectivity index (χ1) is 10.9. The van der Waals surface area contributed by atoms with E-state index in [0.29, 0.717) is 13.0 Å². The van der Waals surface area contributed by atoms with Crippen LogP contribution in [0.15, 0.2) is 12.1 Å². The molecule has 1 N–H and O–H groups in total. The van der Waals surface area contributed by atoms with Crippen LogP contribution in [0.1, 0.15) is 57.6 Å². The van der Waals surface area contributed by atoms with Gasteiger partial charge in [0.15, 0.2) is 0 Å². The van der Waals surface area contributed by atoms with Gasteiger partial charge in [0, 0.05) is 12.8 Å². The third-order valence-corrected chi connectivity index (χ3v) is 4.11. The van der Waals surface area contributed by atoms with E-state index in [1.54, 1.807) is 7.11 Å². The molecule has 0 aliphatic carbocycles. The van der Waals surface area contributed by atoms with Gasteiger partial charge in [0.05, 0.1) is 6.61 Å². The van der Waals surface area contributed by atoms with E-state index >= 15 is 0 Å². The highest BCUT2D eigenvalue weighted by atomic mass is 16.5. The Morgan fingerprint density at radius 3 is 2.26 bits per heavy atom. The first-order valence-electron chi connectivity index (χ1n) is 8.48. The zero-order valence-electron chi connectivity index (χ0n) is 15.4. The van der Waals surface area contributed by atoms with Gasteiger partial charge in [-0.3, -0.25) is 4.79 Å². The van der Waals surface area contributed by atoms with Gasteiger partial charge in [-0.05, 0) is 56.9 Å². The number of unbranched alkanes of at least 4 members (excludes halogenated alkanes) is 1.